The summed E-state index contributed by atoms with van der Waals surface area (Å²) in [4.78, 5) is 0. The van der Waals surface area contributed by atoms with Crippen LogP contribution in [0.5, 0.6) is 0 Å². The number of rotatable bonds is 4. The Hall–Kier alpha value is -0.580. The van der Waals surface area contributed by atoms with Gasteiger partial charge in [0.15, 0.2) is 0 Å². The lowest BCUT2D eigenvalue weighted by Gasteiger charge is -2.01. The van der Waals surface area contributed by atoms with Crippen LogP contribution in [0, 0.1) is 6.92 Å². The van der Waals surface area contributed by atoms with Gasteiger partial charge in [0, 0.05) is 32.2 Å². The fourth-order valence-corrected chi connectivity index (χ4v) is 1.43. The van der Waals surface area contributed by atoms with E-state index in [1.807, 2.05) is 14.0 Å². The van der Waals surface area contributed by atoms with E-state index in [9.17, 15) is 0 Å². The highest BCUT2D eigenvalue weighted by atomic mass is 35.5. The molecule has 0 bridgehead atoms. The molecule has 1 rings (SSSR count). The van der Waals surface area contributed by atoms with Gasteiger partial charge in [-0.15, -0.1) is 0 Å². The van der Waals surface area contributed by atoms with Crippen LogP contribution in [0.3, 0.4) is 0 Å². The zero-order valence-corrected chi connectivity index (χ0v) is 8.73. The van der Waals surface area contributed by atoms with Gasteiger partial charge in [0.05, 0.1) is 5.69 Å². The first-order chi connectivity index (χ1) is 6.16. The molecule has 0 amide bonds. The SMILES string of the molecule is Cc1nn(C)c(Cl)c1CNCCN. The Morgan fingerprint density at radius 2 is 2.31 bits per heavy atom. The van der Waals surface area contributed by atoms with Crippen LogP contribution in [-0.4, -0.2) is 22.9 Å². The van der Waals surface area contributed by atoms with Crippen molar-refractivity contribution >= 4 is 11.6 Å². The summed E-state index contributed by atoms with van der Waals surface area (Å²) >= 11 is 6.02. The molecule has 5 heteroatoms. The summed E-state index contributed by atoms with van der Waals surface area (Å²) in [5.74, 6) is 0. The van der Waals surface area contributed by atoms with E-state index in [0.29, 0.717) is 11.7 Å². The third-order valence-corrected chi connectivity index (χ3v) is 2.37. The van der Waals surface area contributed by atoms with Crippen LogP contribution in [-0.2, 0) is 13.6 Å². The van der Waals surface area contributed by atoms with Crippen molar-refractivity contribution in [2.24, 2.45) is 12.8 Å². The van der Waals surface area contributed by atoms with Crippen molar-refractivity contribution in [3.05, 3.63) is 16.4 Å². The lowest BCUT2D eigenvalue weighted by Crippen LogP contribution is -2.22. The van der Waals surface area contributed by atoms with Crippen LogP contribution in [0.1, 0.15) is 11.3 Å². The summed E-state index contributed by atoms with van der Waals surface area (Å²) in [5, 5.41) is 8.08. The first kappa shape index (κ1) is 10.5. The normalized spacial score (nSPS) is 10.8. The Morgan fingerprint density at radius 1 is 1.62 bits per heavy atom. The predicted octanol–water partition coefficient (Wildman–Crippen LogP) is 0.430. The fourth-order valence-electron chi connectivity index (χ4n) is 1.19. The number of hydrogen-bond donors (Lipinski definition) is 2. The molecule has 0 atom stereocenters. The van der Waals surface area contributed by atoms with E-state index in [0.717, 1.165) is 24.3 Å². The molecule has 0 radical (unpaired) electrons. The summed E-state index contributed by atoms with van der Waals surface area (Å²) in [5.41, 5.74) is 7.38. The second kappa shape index (κ2) is 4.60. The molecule has 0 saturated heterocycles. The van der Waals surface area contributed by atoms with Crippen molar-refractivity contribution in [2.75, 3.05) is 13.1 Å². The standard InChI is InChI=1S/C8H15ClN4/c1-6-7(5-11-4-3-10)8(9)13(2)12-6/h11H,3-5,10H2,1-2H3. The van der Waals surface area contributed by atoms with Gasteiger partial charge in [0.1, 0.15) is 5.15 Å². The van der Waals surface area contributed by atoms with Crippen LogP contribution in [0.25, 0.3) is 0 Å². The molecule has 0 aliphatic heterocycles. The average Bonchev–Trinajstić information content (AvgIpc) is 2.32. The minimum absolute atomic E-state index is 0.636. The molecule has 0 aliphatic rings. The zero-order valence-electron chi connectivity index (χ0n) is 7.97. The molecular formula is C8H15ClN4. The summed E-state index contributed by atoms with van der Waals surface area (Å²) in [6.45, 7) is 4.11. The summed E-state index contributed by atoms with van der Waals surface area (Å²) < 4.78 is 1.68. The van der Waals surface area contributed by atoms with Gasteiger partial charge in [-0.1, -0.05) is 11.6 Å². The van der Waals surface area contributed by atoms with Crippen molar-refractivity contribution in [3.63, 3.8) is 0 Å². The molecule has 13 heavy (non-hydrogen) atoms. The third-order valence-electron chi connectivity index (χ3n) is 1.89. The molecule has 3 N–H and O–H groups in total. The molecule has 74 valence electrons. The Labute approximate surface area is 83.1 Å². The van der Waals surface area contributed by atoms with E-state index in [4.69, 9.17) is 17.3 Å². The number of nitrogens with two attached hydrogens (primary N) is 1. The van der Waals surface area contributed by atoms with Crippen LogP contribution >= 0.6 is 11.6 Å². The Kier molecular flexibility index (Phi) is 3.71. The molecule has 0 aliphatic carbocycles. The molecule has 0 unspecified atom stereocenters. The number of aromatic nitrogens is 2. The molecule has 0 spiro atoms. The first-order valence-electron chi connectivity index (χ1n) is 4.25. The Balaban J connectivity index is 2.64. The minimum Gasteiger partial charge on any atom is -0.329 e. The van der Waals surface area contributed by atoms with Crippen LogP contribution in [0.2, 0.25) is 5.15 Å². The largest absolute Gasteiger partial charge is 0.329 e. The van der Waals surface area contributed by atoms with E-state index in [1.54, 1.807) is 4.68 Å². The molecule has 1 heterocycles. The summed E-state index contributed by atoms with van der Waals surface area (Å²) in [6, 6.07) is 0. The van der Waals surface area contributed by atoms with E-state index < -0.39 is 0 Å². The molecule has 0 fully saturated rings. The molecular weight excluding hydrogens is 188 g/mol. The number of nitrogens with zero attached hydrogens (tertiary/aromatic N) is 2. The van der Waals surface area contributed by atoms with Crippen LogP contribution in [0.15, 0.2) is 0 Å². The van der Waals surface area contributed by atoms with Gasteiger partial charge in [-0.3, -0.25) is 4.68 Å². The van der Waals surface area contributed by atoms with E-state index in [2.05, 4.69) is 10.4 Å². The van der Waals surface area contributed by atoms with Gasteiger partial charge < -0.3 is 11.1 Å². The maximum Gasteiger partial charge on any atom is 0.131 e. The Morgan fingerprint density at radius 3 is 2.77 bits per heavy atom. The predicted molar refractivity (Wildman–Crippen MR) is 53.7 cm³/mol. The lowest BCUT2D eigenvalue weighted by molar-refractivity contribution is 0.692. The lowest BCUT2D eigenvalue weighted by atomic mass is 10.2. The second-order valence-electron chi connectivity index (χ2n) is 2.94. The van der Waals surface area contributed by atoms with Crippen LogP contribution < -0.4 is 11.1 Å². The van der Waals surface area contributed by atoms with E-state index in [-0.39, 0.29) is 0 Å². The molecule has 0 aromatic carbocycles. The molecule has 1 aromatic heterocycles. The van der Waals surface area contributed by atoms with E-state index >= 15 is 0 Å². The monoisotopic (exact) mass is 202 g/mol. The van der Waals surface area contributed by atoms with Gasteiger partial charge in [0.25, 0.3) is 0 Å². The second-order valence-corrected chi connectivity index (χ2v) is 3.30. The van der Waals surface area contributed by atoms with Gasteiger partial charge in [-0.2, -0.15) is 5.10 Å². The highest BCUT2D eigenvalue weighted by Gasteiger charge is 2.09. The van der Waals surface area contributed by atoms with Crippen molar-refractivity contribution in [3.8, 4) is 0 Å². The number of aryl methyl sites for hydroxylation is 2. The van der Waals surface area contributed by atoms with Crippen molar-refractivity contribution in [1.82, 2.24) is 15.1 Å². The molecule has 1 aromatic rings. The summed E-state index contributed by atoms with van der Waals surface area (Å²) in [7, 11) is 1.84. The number of halogens is 1. The highest BCUT2D eigenvalue weighted by molar-refractivity contribution is 6.30. The van der Waals surface area contributed by atoms with Crippen LogP contribution in [0.4, 0.5) is 0 Å². The van der Waals surface area contributed by atoms with Crippen molar-refractivity contribution < 1.29 is 0 Å². The fraction of sp³-hybridized carbons (Fsp3) is 0.625. The van der Waals surface area contributed by atoms with Gasteiger partial charge in [0.2, 0.25) is 0 Å². The first-order valence-corrected chi connectivity index (χ1v) is 4.63. The smallest absolute Gasteiger partial charge is 0.131 e. The van der Waals surface area contributed by atoms with Gasteiger partial charge in [-0.05, 0) is 6.92 Å². The number of nitrogens with one attached hydrogen (secondary N) is 1. The molecule has 0 saturated carbocycles. The maximum atomic E-state index is 6.02. The minimum atomic E-state index is 0.636. The Bertz CT molecular complexity index is 282. The molecule has 4 nitrogen and oxygen atoms in total. The highest BCUT2D eigenvalue weighted by Crippen LogP contribution is 2.17. The summed E-state index contributed by atoms with van der Waals surface area (Å²) in [6.07, 6.45) is 0. The van der Waals surface area contributed by atoms with Gasteiger partial charge in [-0.25, -0.2) is 0 Å². The number of hydrogen-bond acceptors (Lipinski definition) is 3. The van der Waals surface area contributed by atoms with Crippen molar-refractivity contribution in [1.29, 1.82) is 0 Å². The van der Waals surface area contributed by atoms with Crippen molar-refractivity contribution in [2.45, 2.75) is 13.5 Å². The zero-order chi connectivity index (χ0) is 9.84. The quantitative estimate of drug-likeness (QED) is 0.697. The third kappa shape index (κ3) is 2.43. The van der Waals surface area contributed by atoms with E-state index in [1.165, 1.54) is 0 Å². The average molecular weight is 203 g/mol. The topological polar surface area (TPSA) is 55.9 Å². The van der Waals surface area contributed by atoms with Gasteiger partial charge >= 0.3 is 0 Å². The maximum absolute atomic E-state index is 6.02.